The van der Waals surface area contributed by atoms with E-state index in [1.807, 2.05) is 52.0 Å². The maximum absolute atomic E-state index is 12.3. The summed E-state index contributed by atoms with van der Waals surface area (Å²) in [7, 11) is 0. The van der Waals surface area contributed by atoms with Crippen LogP contribution in [0.5, 0.6) is 5.75 Å². The predicted octanol–water partition coefficient (Wildman–Crippen LogP) is 2.96. The van der Waals surface area contributed by atoms with E-state index in [0.717, 1.165) is 6.42 Å². The molecule has 5 nitrogen and oxygen atoms in total. The maximum Gasteiger partial charge on any atom is 0.228 e. The van der Waals surface area contributed by atoms with Crippen LogP contribution in [0, 0.1) is 11.8 Å². The molecule has 23 heavy (non-hydrogen) atoms. The van der Waals surface area contributed by atoms with Gasteiger partial charge in [-0.1, -0.05) is 19.1 Å². The van der Waals surface area contributed by atoms with Crippen molar-refractivity contribution in [3.63, 3.8) is 0 Å². The Labute approximate surface area is 137 Å². The van der Waals surface area contributed by atoms with Crippen LogP contribution in [-0.2, 0) is 9.59 Å². The number of benzene rings is 1. The Kier molecular flexibility index (Phi) is 5.64. The molecule has 0 aliphatic heterocycles. The number of ether oxygens (including phenoxy) is 1. The van der Waals surface area contributed by atoms with Crippen molar-refractivity contribution in [1.82, 2.24) is 5.32 Å². The number of rotatable bonds is 7. The molecule has 0 saturated heterocycles. The fourth-order valence-corrected chi connectivity index (χ4v) is 2.38. The van der Waals surface area contributed by atoms with Gasteiger partial charge in [0, 0.05) is 6.04 Å². The SMILES string of the molecule is CCC(C)NC(=O)C1CC1C(=O)Nc1ccccc1OC(C)C. The molecule has 0 heterocycles. The normalized spacial score (nSPS) is 20.7. The predicted molar refractivity (Wildman–Crippen MR) is 90.3 cm³/mol. The molecule has 0 spiro atoms. The second-order valence-electron chi connectivity index (χ2n) is 6.42. The van der Waals surface area contributed by atoms with Gasteiger partial charge < -0.3 is 15.4 Å². The van der Waals surface area contributed by atoms with Crippen LogP contribution in [0.2, 0.25) is 0 Å². The zero-order valence-corrected chi connectivity index (χ0v) is 14.3. The molecule has 1 aromatic rings. The second kappa shape index (κ2) is 7.49. The Morgan fingerprint density at radius 2 is 1.83 bits per heavy atom. The van der Waals surface area contributed by atoms with E-state index in [0.29, 0.717) is 17.9 Å². The number of carbonyl (C=O) groups is 2. The maximum atomic E-state index is 12.3. The molecule has 1 aliphatic carbocycles. The van der Waals surface area contributed by atoms with E-state index in [2.05, 4.69) is 10.6 Å². The van der Waals surface area contributed by atoms with Crippen molar-refractivity contribution >= 4 is 17.5 Å². The van der Waals surface area contributed by atoms with Gasteiger partial charge in [0.25, 0.3) is 0 Å². The van der Waals surface area contributed by atoms with Crippen LogP contribution in [0.3, 0.4) is 0 Å². The lowest BCUT2D eigenvalue weighted by Crippen LogP contribution is -2.34. The minimum atomic E-state index is -0.244. The third kappa shape index (κ3) is 4.71. The van der Waals surface area contributed by atoms with Gasteiger partial charge in [0.2, 0.25) is 11.8 Å². The first kappa shape index (κ1) is 17.3. The molecule has 1 fully saturated rings. The molecule has 0 aromatic heterocycles. The number of hydrogen-bond acceptors (Lipinski definition) is 3. The number of nitrogens with one attached hydrogen (secondary N) is 2. The van der Waals surface area contributed by atoms with Crippen LogP contribution in [0.1, 0.15) is 40.5 Å². The molecule has 1 aromatic carbocycles. The summed E-state index contributed by atoms with van der Waals surface area (Å²) in [6, 6.07) is 7.50. The molecule has 0 radical (unpaired) electrons. The minimum absolute atomic E-state index is 0.0220. The number of para-hydroxylation sites is 2. The first-order chi connectivity index (χ1) is 10.9. The highest BCUT2D eigenvalue weighted by atomic mass is 16.5. The summed E-state index contributed by atoms with van der Waals surface area (Å²) in [5.74, 6) is 0.0609. The quantitative estimate of drug-likeness (QED) is 0.812. The highest BCUT2D eigenvalue weighted by Gasteiger charge is 2.48. The van der Waals surface area contributed by atoms with Crippen LogP contribution in [0.25, 0.3) is 0 Å². The van der Waals surface area contributed by atoms with E-state index in [4.69, 9.17) is 4.74 Å². The summed E-state index contributed by atoms with van der Waals surface area (Å²) in [6.07, 6.45) is 1.53. The van der Waals surface area contributed by atoms with Gasteiger partial charge in [0.15, 0.2) is 0 Å². The summed E-state index contributed by atoms with van der Waals surface area (Å²) in [6.45, 7) is 7.87. The van der Waals surface area contributed by atoms with Crippen LogP contribution in [0.4, 0.5) is 5.69 Å². The molecule has 2 amide bonds. The van der Waals surface area contributed by atoms with Crippen molar-refractivity contribution in [2.75, 3.05) is 5.32 Å². The molecule has 3 atom stereocenters. The summed E-state index contributed by atoms with van der Waals surface area (Å²) in [5.41, 5.74) is 0.652. The van der Waals surface area contributed by atoms with Gasteiger partial charge >= 0.3 is 0 Å². The molecule has 126 valence electrons. The topological polar surface area (TPSA) is 67.4 Å². The number of hydrogen-bond donors (Lipinski definition) is 2. The molecular weight excluding hydrogens is 292 g/mol. The molecule has 5 heteroatoms. The van der Waals surface area contributed by atoms with E-state index >= 15 is 0 Å². The average molecular weight is 318 g/mol. The smallest absolute Gasteiger partial charge is 0.228 e. The third-order valence-electron chi connectivity index (χ3n) is 3.97. The zero-order valence-electron chi connectivity index (χ0n) is 14.3. The lowest BCUT2D eigenvalue weighted by Gasteiger charge is -2.15. The Morgan fingerprint density at radius 1 is 1.17 bits per heavy atom. The monoisotopic (exact) mass is 318 g/mol. The summed E-state index contributed by atoms with van der Waals surface area (Å²) >= 11 is 0. The summed E-state index contributed by atoms with van der Waals surface area (Å²) in [5, 5.41) is 5.82. The van der Waals surface area contributed by atoms with E-state index in [1.54, 1.807) is 0 Å². The number of amides is 2. The van der Waals surface area contributed by atoms with Crippen LogP contribution in [0.15, 0.2) is 24.3 Å². The van der Waals surface area contributed by atoms with Crippen LogP contribution < -0.4 is 15.4 Å². The lowest BCUT2D eigenvalue weighted by atomic mass is 10.2. The van der Waals surface area contributed by atoms with Crippen molar-refractivity contribution in [2.24, 2.45) is 11.8 Å². The highest BCUT2D eigenvalue weighted by Crippen LogP contribution is 2.40. The fraction of sp³-hybridized carbons (Fsp3) is 0.556. The first-order valence-electron chi connectivity index (χ1n) is 8.29. The van der Waals surface area contributed by atoms with E-state index in [1.165, 1.54) is 0 Å². The van der Waals surface area contributed by atoms with E-state index < -0.39 is 0 Å². The molecule has 2 rings (SSSR count). The fourth-order valence-electron chi connectivity index (χ4n) is 2.38. The van der Waals surface area contributed by atoms with E-state index in [9.17, 15) is 9.59 Å². The second-order valence-corrected chi connectivity index (χ2v) is 6.42. The largest absolute Gasteiger partial charge is 0.489 e. The molecule has 0 bridgehead atoms. The number of carbonyl (C=O) groups excluding carboxylic acids is 2. The van der Waals surface area contributed by atoms with Gasteiger partial charge in [0.05, 0.1) is 23.6 Å². The Hall–Kier alpha value is -2.04. The van der Waals surface area contributed by atoms with Crippen molar-refractivity contribution < 1.29 is 14.3 Å². The Balaban J connectivity index is 1.93. The standard InChI is InChI=1S/C18H26N2O3/c1-5-12(4)19-17(21)13-10-14(13)18(22)20-15-8-6-7-9-16(15)23-11(2)3/h6-9,11-14H,5,10H2,1-4H3,(H,19,21)(H,20,22). The zero-order chi connectivity index (χ0) is 17.0. The summed E-state index contributed by atoms with van der Waals surface area (Å²) < 4.78 is 5.69. The van der Waals surface area contributed by atoms with Gasteiger partial charge in [-0.2, -0.15) is 0 Å². The van der Waals surface area contributed by atoms with Crippen molar-refractivity contribution in [3.05, 3.63) is 24.3 Å². The first-order valence-corrected chi connectivity index (χ1v) is 8.29. The minimum Gasteiger partial charge on any atom is -0.489 e. The van der Waals surface area contributed by atoms with Crippen LogP contribution >= 0.6 is 0 Å². The van der Waals surface area contributed by atoms with Gasteiger partial charge in [-0.05, 0) is 45.7 Å². The molecule has 1 aliphatic rings. The van der Waals surface area contributed by atoms with Crippen molar-refractivity contribution in [2.45, 2.75) is 52.7 Å². The Bertz CT molecular complexity index is 571. The third-order valence-corrected chi connectivity index (χ3v) is 3.97. The molecule has 1 saturated carbocycles. The van der Waals surface area contributed by atoms with Gasteiger partial charge in [-0.15, -0.1) is 0 Å². The highest BCUT2D eigenvalue weighted by molar-refractivity contribution is 6.00. The molecule has 2 N–H and O–H groups in total. The van der Waals surface area contributed by atoms with Crippen LogP contribution in [-0.4, -0.2) is 24.0 Å². The summed E-state index contributed by atoms with van der Waals surface area (Å²) in [4.78, 5) is 24.4. The number of anilines is 1. The van der Waals surface area contributed by atoms with E-state index in [-0.39, 0.29) is 35.8 Å². The van der Waals surface area contributed by atoms with Crippen molar-refractivity contribution in [1.29, 1.82) is 0 Å². The van der Waals surface area contributed by atoms with Crippen molar-refractivity contribution in [3.8, 4) is 5.75 Å². The van der Waals surface area contributed by atoms with Gasteiger partial charge in [-0.25, -0.2) is 0 Å². The Morgan fingerprint density at radius 3 is 2.48 bits per heavy atom. The molecular formula is C18H26N2O3. The van der Waals surface area contributed by atoms with Gasteiger partial charge in [-0.3, -0.25) is 9.59 Å². The van der Waals surface area contributed by atoms with Gasteiger partial charge in [0.1, 0.15) is 5.75 Å². The molecule has 3 unspecified atom stereocenters. The lowest BCUT2D eigenvalue weighted by molar-refractivity contribution is -0.125. The average Bonchev–Trinajstić information content (AvgIpc) is 3.29.